The van der Waals surface area contributed by atoms with Gasteiger partial charge in [0.05, 0.1) is 12.1 Å². The van der Waals surface area contributed by atoms with Gasteiger partial charge in [-0.1, -0.05) is 160 Å². The van der Waals surface area contributed by atoms with Crippen LogP contribution < -0.4 is 10.6 Å². The summed E-state index contributed by atoms with van der Waals surface area (Å²) in [6.45, 7) is 0. The Hall–Kier alpha value is -4.18. The average molecular weight is 561 g/mol. The number of nitrogens with one attached hydrogen (secondary N) is 2. The van der Waals surface area contributed by atoms with Gasteiger partial charge in [-0.2, -0.15) is 0 Å². The van der Waals surface area contributed by atoms with Gasteiger partial charge in [-0.05, 0) is 35.1 Å². The van der Waals surface area contributed by atoms with Crippen molar-refractivity contribution in [1.29, 1.82) is 0 Å². The molecule has 0 saturated carbocycles. The van der Waals surface area contributed by atoms with E-state index in [4.69, 9.17) is 0 Å². The van der Waals surface area contributed by atoms with Crippen LogP contribution in [0.3, 0.4) is 0 Å². The van der Waals surface area contributed by atoms with Crippen LogP contribution in [0.2, 0.25) is 0 Å². The van der Waals surface area contributed by atoms with Crippen LogP contribution in [0, 0.1) is 0 Å². The molecule has 0 unspecified atom stereocenters. The third-order valence-electron chi connectivity index (χ3n) is 7.70. The lowest BCUT2D eigenvalue weighted by molar-refractivity contribution is -0.122. The topological polar surface area (TPSA) is 58.2 Å². The largest absolute Gasteiger partial charge is 0.345 e. The van der Waals surface area contributed by atoms with Crippen molar-refractivity contribution >= 4 is 11.8 Å². The summed E-state index contributed by atoms with van der Waals surface area (Å²) in [5.74, 6) is 0.209. The van der Waals surface area contributed by atoms with E-state index in [-0.39, 0.29) is 23.9 Å². The molecule has 0 aliphatic heterocycles. The zero-order chi connectivity index (χ0) is 29.2. The molecule has 0 heterocycles. The molecular weight excluding hydrogens is 516 g/mol. The van der Waals surface area contributed by atoms with Crippen molar-refractivity contribution < 1.29 is 9.59 Å². The molecule has 0 aliphatic rings. The molecule has 2 amide bonds. The first-order valence-corrected chi connectivity index (χ1v) is 15.5. The monoisotopic (exact) mass is 560 g/mol. The Kier molecular flexibility index (Phi) is 12.9. The first-order chi connectivity index (χ1) is 20.7. The molecule has 4 heteroatoms. The van der Waals surface area contributed by atoms with Crippen LogP contribution in [-0.4, -0.2) is 11.8 Å². The first kappa shape index (κ1) is 30.8. The van der Waals surface area contributed by atoms with E-state index in [1.54, 1.807) is 0 Å². The highest BCUT2D eigenvalue weighted by atomic mass is 16.2. The maximum Gasteiger partial charge on any atom is 0.220 e. The lowest BCUT2D eigenvalue weighted by atomic mass is 9.98. The van der Waals surface area contributed by atoms with E-state index in [2.05, 4.69) is 59.2 Å². The maximum atomic E-state index is 12.7. The summed E-state index contributed by atoms with van der Waals surface area (Å²) in [5.41, 5.74) is 4.40. The molecule has 0 spiro atoms. The smallest absolute Gasteiger partial charge is 0.220 e. The van der Waals surface area contributed by atoms with Crippen LogP contribution in [0.5, 0.6) is 0 Å². The Bertz CT molecular complexity index is 1130. The molecule has 0 radical (unpaired) electrons. The van der Waals surface area contributed by atoms with Crippen LogP contribution in [0.15, 0.2) is 121 Å². The molecule has 4 aromatic carbocycles. The van der Waals surface area contributed by atoms with Crippen LogP contribution in [-0.2, 0) is 9.59 Å². The minimum atomic E-state index is -0.121. The van der Waals surface area contributed by atoms with Gasteiger partial charge in [0, 0.05) is 12.8 Å². The van der Waals surface area contributed by atoms with Gasteiger partial charge in [0.15, 0.2) is 0 Å². The molecule has 42 heavy (non-hydrogen) atoms. The number of amides is 2. The van der Waals surface area contributed by atoms with Crippen molar-refractivity contribution in [3.63, 3.8) is 0 Å². The Morgan fingerprint density at radius 2 is 0.619 bits per heavy atom. The Labute approximate surface area is 251 Å². The second-order valence-corrected chi connectivity index (χ2v) is 11.0. The van der Waals surface area contributed by atoms with E-state index in [0.717, 1.165) is 60.8 Å². The molecular formula is C38H44N2O2. The van der Waals surface area contributed by atoms with Crippen LogP contribution in [0.4, 0.5) is 0 Å². The van der Waals surface area contributed by atoms with Crippen molar-refractivity contribution in [3.05, 3.63) is 144 Å². The summed E-state index contributed by atoms with van der Waals surface area (Å²) in [5, 5.41) is 6.48. The zero-order valence-electron chi connectivity index (χ0n) is 24.6. The normalized spacial score (nSPS) is 11.0. The van der Waals surface area contributed by atoms with Gasteiger partial charge >= 0.3 is 0 Å². The number of carbonyl (C=O) groups is 2. The van der Waals surface area contributed by atoms with Gasteiger partial charge in [-0.3, -0.25) is 9.59 Å². The van der Waals surface area contributed by atoms with E-state index >= 15 is 0 Å². The predicted molar refractivity (Wildman–Crippen MR) is 172 cm³/mol. The predicted octanol–water partition coefficient (Wildman–Crippen LogP) is 8.70. The first-order valence-electron chi connectivity index (χ1n) is 15.5. The molecule has 0 saturated heterocycles. The highest BCUT2D eigenvalue weighted by molar-refractivity contribution is 5.77. The van der Waals surface area contributed by atoms with Gasteiger partial charge in [0.1, 0.15) is 0 Å². The second kappa shape index (κ2) is 17.6. The van der Waals surface area contributed by atoms with Crippen molar-refractivity contribution in [1.82, 2.24) is 10.6 Å². The number of carbonyl (C=O) groups excluding carboxylic acids is 2. The Balaban J connectivity index is 1.07. The second-order valence-electron chi connectivity index (χ2n) is 11.0. The van der Waals surface area contributed by atoms with E-state index in [1.165, 1.54) is 12.8 Å². The van der Waals surface area contributed by atoms with Crippen molar-refractivity contribution in [2.24, 2.45) is 0 Å². The number of hydrogen-bond donors (Lipinski definition) is 2. The van der Waals surface area contributed by atoms with E-state index in [0.29, 0.717) is 12.8 Å². The molecule has 218 valence electrons. The highest BCUT2D eigenvalue weighted by Crippen LogP contribution is 2.23. The summed E-state index contributed by atoms with van der Waals surface area (Å²) < 4.78 is 0. The lowest BCUT2D eigenvalue weighted by Crippen LogP contribution is -2.29. The Morgan fingerprint density at radius 1 is 0.381 bits per heavy atom. The van der Waals surface area contributed by atoms with Crippen LogP contribution in [0.1, 0.15) is 98.5 Å². The fourth-order valence-corrected chi connectivity index (χ4v) is 5.40. The van der Waals surface area contributed by atoms with Crippen LogP contribution >= 0.6 is 0 Å². The van der Waals surface area contributed by atoms with Gasteiger partial charge in [-0.15, -0.1) is 0 Å². The van der Waals surface area contributed by atoms with Crippen LogP contribution in [0.25, 0.3) is 0 Å². The van der Waals surface area contributed by atoms with Gasteiger partial charge in [0.2, 0.25) is 11.8 Å². The summed E-state index contributed by atoms with van der Waals surface area (Å²) in [7, 11) is 0. The molecule has 0 aliphatic carbocycles. The minimum Gasteiger partial charge on any atom is -0.345 e. The van der Waals surface area contributed by atoms with E-state index in [1.807, 2.05) is 72.8 Å². The van der Waals surface area contributed by atoms with E-state index < -0.39 is 0 Å². The molecule has 4 rings (SSSR count). The lowest BCUT2D eigenvalue weighted by Gasteiger charge is -2.20. The fourth-order valence-electron chi connectivity index (χ4n) is 5.40. The molecule has 0 atom stereocenters. The third kappa shape index (κ3) is 10.3. The van der Waals surface area contributed by atoms with E-state index in [9.17, 15) is 9.59 Å². The fraction of sp³-hybridized carbons (Fsp3) is 0.316. The molecule has 0 bridgehead atoms. The Morgan fingerprint density at radius 3 is 0.881 bits per heavy atom. The molecule has 2 N–H and O–H groups in total. The zero-order valence-corrected chi connectivity index (χ0v) is 24.6. The molecule has 0 aromatic heterocycles. The standard InChI is InChI=1S/C38H44N2O2/c41-35(39-37(31-21-11-7-12-22-31)32-23-13-8-14-24-32)29-19-5-3-1-2-4-6-20-30-36(42)40-38(33-25-15-9-16-26-33)34-27-17-10-18-28-34/h7-18,21-28,37-38H,1-6,19-20,29-30H2,(H,39,41)(H,40,42). The van der Waals surface area contributed by atoms with Crippen molar-refractivity contribution in [2.45, 2.75) is 76.3 Å². The maximum absolute atomic E-state index is 12.7. The summed E-state index contributed by atoms with van der Waals surface area (Å²) in [4.78, 5) is 25.5. The SMILES string of the molecule is O=C(CCCCCCCCCCC(=O)NC(c1ccccc1)c1ccccc1)NC(c1ccccc1)c1ccccc1. The number of benzene rings is 4. The number of hydrogen-bond acceptors (Lipinski definition) is 2. The van der Waals surface area contributed by atoms with Gasteiger partial charge in [-0.25, -0.2) is 0 Å². The van der Waals surface area contributed by atoms with Gasteiger partial charge in [0.25, 0.3) is 0 Å². The molecule has 4 nitrogen and oxygen atoms in total. The molecule has 4 aromatic rings. The third-order valence-corrected chi connectivity index (χ3v) is 7.70. The summed E-state index contributed by atoms with van der Waals surface area (Å²) >= 11 is 0. The summed E-state index contributed by atoms with van der Waals surface area (Å²) in [6.07, 6.45) is 9.70. The quantitative estimate of drug-likeness (QED) is 0.127. The summed E-state index contributed by atoms with van der Waals surface area (Å²) in [6, 6.07) is 40.4. The van der Waals surface area contributed by atoms with Crippen molar-refractivity contribution in [3.8, 4) is 0 Å². The average Bonchev–Trinajstić information content (AvgIpc) is 3.05. The minimum absolute atomic E-state index is 0.104. The number of rotatable bonds is 17. The van der Waals surface area contributed by atoms with Gasteiger partial charge < -0.3 is 10.6 Å². The molecule has 0 fully saturated rings. The number of unbranched alkanes of at least 4 members (excludes halogenated alkanes) is 7. The van der Waals surface area contributed by atoms with Crippen molar-refractivity contribution in [2.75, 3.05) is 0 Å². The highest BCUT2D eigenvalue weighted by Gasteiger charge is 2.17.